The number of rotatable bonds is 7. The summed E-state index contributed by atoms with van der Waals surface area (Å²) in [5.74, 6) is 0. The zero-order valence-electron chi connectivity index (χ0n) is 12.0. The number of nitrogens with one attached hydrogen (secondary N) is 1. The van der Waals surface area contributed by atoms with Gasteiger partial charge in [-0.1, -0.05) is 49.4 Å². The second-order valence-corrected chi connectivity index (χ2v) is 5.03. The van der Waals surface area contributed by atoms with Crippen LogP contribution in [0.1, 0.15) is 12.5 Å². The minimum atomic E-state index is 1.05. The molecule has 0 aliphatic heterocycles. The smallest absolute Gasteiger partial charge is 0.0104 e. The van der Waals surface area contributed by atoms with Gasteiger partial charge in [0.15, 0.2) is 0 Å². The van der Waals surface area contributed by atoms with Gasteiger partial charge in [0.1, 0.15) is 0 Å². The van der Waals surface area contributed by atoms with E-state index in [4.69, 9.17) is 0 Å². The van der Waals surface area contributed by atoms with Crippen LogP contribution in [0.25, 0.3) is 10.8 Å². The minimum Gasteiger partial charge on any atom is -0.315 e. The summed E-state index contributed by atoms with van der Waals surface area (Å²) < 4.78 is 0. The lowest BCUT2D eigenvalue weighted by atomic mass is 10.0. The molecule has 0 unspecified atom stereocenters. The summed E-state index contributed by atoms with van der Waals surface area (Å²) >= 11 is 0. The molecule has 0 amide bonds. The molecule has 0 aromatic heterocycles. The Morgan fingerprint density at radius 3 is 2.63 bits per heavy atom. The summed E-state index contributed by atoms with van der Waals surface area (Å²) in [5, 5.41) is 6.25. The number of nitrogens with zero attached hydrogens (tertiary/aromatic N) is 1. The van der Waals surface area contributed by atoms with Gasteiger partial charge < -0.3 is 10.2 Å². The molecule has 1 N–H and O–H groups in total. The first-order valence-corrected chi connectivity index (χ1v) is 7.17. The van der Waals surface area contributed by atoms with Gasteiger partial charge in [0.05, 0.1) is 0 Å². The molecule has 0 radical (unpaired) electrons. The van der Waals surface area contributed by atoms with Crippen molar-refractivity contribution >= 4 is 10.8 Å². The molecule has 0 aliphatic carbocycles. The van der Waals surface area contributed by atoms with E-state index in [1.807, 2.05) is 0 Å². The van der Waals surface area contributed by atoms with Gasteiger partial charge in [-0.2, -0.15) is 0 Å². The van der Waals surface area contributed by atoms with Crippen molar-refractivity contribution in [1.29, 1.82) is 0 Å². The van der Waals surface area contributed by atoms with Crippen molar-refractivity contribution in [2.45, 2.75) is 13.3 Å². The third-order valence-corrected chi connectivity index (χ3v) is 3.66. The molecule has 0 spiro atoms. The normalized spacial score (nSPS) is 11.3. The SMILES string of the molecule is CCN(C)CCNCCc1cccc2ccccc12. The van der Waals surface area contributed by atoms with Crippen LogP contribution < -0.4 is 5.32 Å². The molecule has 2 nitrogen and oxygen atoms in total. The van der Waals surface area contributed by atoms with Crippen molar-refractivity contribution in [1.82, 2.24) is 10.2 Å². The topological polar surface area (TPSA) is 15.3 Å². The maximum absolute atomic E-state index is 3.52. The molecule has 0 heterocycles. The number of fused-ring (bicyclic) bond motifs is 1. The van der Waals surface area contributed by atoms with Crippen molar-refractivity contribution in [2.75, 3.05) is 33.2 Å². The molecule has 0 atom stereocenters. The Labute approximate surface area is 116 Å². The first-order chi connectivity index (χ1) is 9.31. The van der Waals surface area contributed by atoms with Crippen LogP contribution in [0.15, 0.2) is 42.5 Å². The van der Waals surface area contributed by atoms with Crippen LogP contribution in [0, 0.1) is 0 Å². The van der Waals surface area contributed by atoms with E-state index < -0.39 is 0 Å². The predicted octanol–water partition coefficient (Wildman–Crippen LogP) is 2.92. The highest BCUT2D eigenvalue weighted by atomic mass is 15.1. The average Bonchev–Trinajstić information content (AvgIpc) is 2.46. The second-order valence-electron chi connectivity index (χ2n) is 5.03. The highest BCUT2D eigenvalue weighted by Gasteiger charge is 2.00. The van der Waals surface area contributed by atoms with Gasteiger partial charge in [-0.15, -0.1) is 0 Å². The van der Waals surface area contributed by atoms with Gasteiger partial charge in [0.2, 0.25) is 0 Å². The molecule has 19 heavy (non-hydrogen) atoms. The van der Waals surface area contributed by atoms with Crippen molar-refractivity contribution in [3.8, 4) is 0 Å². The van der Waals surface area contributed by atoms with Gasteiger partial charge in [0.25, 0.3) is 0 Å². The van der Waals surface area contributed by atoms with E-state index in [9.17, 15) is 0 Å². The van der Waals surface area contributed by atoms with Crippen molar-refractivity contribution < 1.29 is 0 Å². The van der Waals surface area contributed by atoms with Crippen LogP contribution in [-0.4, -0.2) is 38.1 Å². The van der Waals surface area contributed by atoms with Gasteiger partial charge in [-0.3, -0.25) is 0 Å². The third-order valence-electron chi connectivity index (χ3n) is 3.66. The molecule has 0 saturated carbocycles. The molecule has 2 heteroatoms. The van der Waals surface area contributed by atoms with Crippen LogP contribution in [0.4, 0.5) is 0 Å². The van der Waals surface area contributed by atoms with E-state index in [1.165, 1.54) is 16.3 Å². The maximum Gasteiger partial charge on any atom is 0.0104 e. The number of hydrogen-bond donors (Lipinski definition) is 1. The lowest BCUT2D eigenvalue weighted by Gasteiger charge is -2.14. The van der Waals surface area contributed by atoms with Crippen LogP contribution in [0.3, 0.4) is 0 Å². The van der Waals surface area contributed by atoms with E-state index in [2.05, 4.69) is 66.7 Å². The summed E-state index contributed by atoms with van der Waals surface area (Å²) in [7, 11) is 2.16. The Balaban J connectivity index is 1.85. The summed E-state index contributed by atoms with van der Waals surface area (Å²) in [6.45, 7) is 6.54. The molecule has 0 saturated heterocycles. The number of hydrogen-bond acceptors (Lipinski definition) is 2. The van der Waals surface area contributed by atoms with Crippen molar-refractivity contribution in [3.63, 3.8) is 0 Å². The fraction of sp³-hybridized carbons (Fsp3) is 0.412. The largest absolute Gasteiger partial charge is 0.315 e. The standard InChI is InChI=1S/C17H24N2/c1-3-19(2)14-13-18-12-11-16-9-6-8-15-7-4-5-10-17(15)16/h4-10,18H,3,11-14H2,1-2H3. The fourth-order valence-electron chi connectivity index (χ4n) is 2.29. The molecule has 2 rings (SSSR count). The van der Waals surface area contributed by atoms with Gasteiger partial charge in [0, 0.05) is 13.1 Å². The zero-order valence-corrected chi connectivity index (χ0v) is 12.0. The lowest BCUT2D eigenvalue weighted by molar-refractivity contribution is 0.350. The summed E-state index contributed by atoms with van der Waals surface area (Å²) in [4.78, 5) is 2.32. The van der Waals surface area contributed by atoms with Crippen LogP contribution >= 0.6 is 0 Å². The predicted molar refractivity (Wildman–Crippen MR) is 83.7 cm³/mol. The van der Waals surface area contributed by atoms with E-state index in [0.717, 1.165) is 32.6 Å². The molecule has 0 aliphatic rings. The fourth-order valence-corrected chi connectivity index (χ4v) is 2.29. The average molecular weight is 256 g/mol. The summed E-state index contributed by atoms with van der Waals surface area (Å²) in [6.07, 6.45) is 1.09. The van der Waals surface area contributed by atoms with Gasteiger partial charge in [-0.05, 0) is 42.9 Å². The molecule has 0 fully saturated rings. The highest BCUT2D eigenvalue weighted by Crippen LogP contribution is 2.18. The van der Waals surface area contributed by atoms with E-state index >= 15 is 0 Å². The van der Waals surface area contributed by atoms with Crippen LogP contribution in [0.5, 0.6) is 0 Å². The monoisotopic (exact) mass is 256 g/mol. The maximum atomic E-state index is 3.52. The summed E-state index contributed by atoms with van der Waals surface area (Å²) in [5.41, 5.74) is 1.44. The Morgan fingerprint density at radius 2 is 1.79 bits per heavy atom. The van der Waals surface area contributed by atoms with Crippen LogP contribution in [0.2, 0.25) is 0 Å². The lowest BCUT2D eigenvalue weighted by Crippen LogP contribution is -2.30. The van der Waals surface area contributed by atoms with Gasteiger partial charge in [-0.25, -0.2) is 0 Å². The highest BCUT2D eigenvalue weighted by molar-refractivity contribution is 5.85. The molecule has 0 bridgehead atoms. The molecule has 2 aromatic carbocycles. The minimum absolute atomic E-state index is 1.05. The Morgan fingerprint density at radius 1 is 1.00 bits per heavy atom. The van der Waals surface area contributed by atoms with Crippen LogP contribution in [-0.2, 0) is 6.42 Å². The molecule has 2 aromatic rings. The third kappa shape index (κ3) is 4.05. The number of benzene rings is 2. The van der Waals surface area contributed by atoms with E-state index in [0.29, 0.717) is 0 Å². The second kappa shape index (κ2) is 7.27. The first kappa shape index (κ1) is 14.0. The first-order valence-electron chi connectivity index (χ1n) is 7.17. The summed E-state index contributed by atoms with van der Waals surface area (Å²) in [6, 6.07) is 15.2. The van der Waals surface area contributed by atoms with E-state index in [1.54, 1.807) is 0 Å². The van der Waals surface area contributed by atoms with Crippen molar-refractivity contribution in [3.05, 3.63) is 48.0 Å². The Bertz CT molecular complexity index is 502. The van der Waals surface area contributed by atoms with Gasteiger partial charge >= 0.3 is 0 Å². The molecular formula is C17H24N2. The van der Waals surface area contributed by atoms with Crippen molar-refractivity contribution in [2.24, 2.45) is 0 Å². The Kier molecular flexibility index (Phi) is 5.37. The van der Waals surface area contributed by atoms with E-state index in [-0.39, 0.29) is 0 Å². The Hall–Kier alpha value is -1.38. The molecule has 102 valence electrons. The zero-order chi connectivity index (χ0) is 13.5. The quantitative estimate of drug-likeness (QED) is 0.766. The number of likely N-dealkylation sites (N-methyl/N-ethyl adjacent to an activating group) is 1. The molecular weight excluding hydrogens is 232 g/mol.